The van der Waals surface area contributed by atoms with Crippen LogP contribution < -0.4 is 0 Å². The minimum atomic E-state index is 0.0941. The van der Waals surface area contributed by atoms with E-state index in [1.807, 2.05) is 26.3 Å². The quantitative estimate of drug-likeness (QED) is 0.468. The molecule has 2 unspecified atom stereocenters. The minimum Gasteiger partial charge on any atom is -0.507 e. The van der Waals surface area contributed by atoms with Crippen LogP contribution in [0.3, 0.4) is 0 Å². The predicted molar refractivity (Wildman–Crippen MR) is 135 cm³/mol. The molecule has 0 bridgehead atoms. The van der Waals surface area contributed by atoms with Crippen LogP contribution in [-0.4, -0.2) is 34.7 Å². The first-order valence-corrected chi connectivity index (χ1v) is 12.1. The van der Waals surface area contributed by atoms with E-state index in [2.05, 4.69) is 38.1 Å². The van der Waals surface area contributed by atoms with Crippen LogP contribution in [-0.2, 0) is 12.8 Å². The van der Waals surface area contributed by atoms with Crippen molar-refractivity contribution in [3.05, 3.63) is 57.6 Å². The number of rotatable bonds is 8. The van der Waals surface area contributed by atoms with Gasteiger partial charge in [0.05, 0.1) is 12.1 Å². The van der Waals surface area contributed by atoms with E-state index in [1.54, 1.807) is 0 Å². The Morgan fingerprint density at radius 3 is 1.53 bits per heavy atom. The summed E-state index contributed by atoms with van der Waals surface area (Å²) in [5.41, 5.74) is 5.85. The molecule has 2 aromatic carbocycles. The first-order chi connectivity index (χ1) is 15.4. The minimum absolute atomic E-state index is 0.0941. The average Bonchev–Trinajstić information content (AvgIpc) is 2.77. The number of hydrogen-bond donors (Lipinski definition) is 2. The molecule has 2 aromatic rings. The maximum Gasteiger partial charge on any atom is 0.127 e. The van der Waals surface area contributed by atoms with Crippen molar-refractivity contribution in [2.45, 2.75) is 91.1 Å². The van der Waals surface area contributed by atoms with Crippen molar-refractivity contribution in [1.82, 2.24) is 0 Å². The lowest BCUT2D eigenvalue weighted by Crippen LogP contribution is -2.27. The first kappa shape index (κ1) is 24.0. The first-order valence-electron chi connectivity index (χ1n) is 12.1. The van der Waals surface area contributed by atoms with Crippen LogP contribution in [0.4, 0.5) is 0 Å². The number of aliphatic imine (C=N–C) groups is 2. The third-order valence-electron chi connectivity index (χ3n) is 6.36. The molecule has 4 heteroatoms. The van der Waals surface area contributed by atoms with Gasteiger partial charge in [0.25, 0.3) is 0 Å². The van der Waals surface area contributed by atoms with Crippen LogP contribution in [0.25, 0.3) is 0 Å². The number of hydrogen-bond acceptors (Lipinski definition) is 4. The highest BCUT2D eigenvalue weighted by molar-refractivity contribution is 5.85. The second-order valence-electron chi connectivity index (χ2n) is 9.18. The Kier molecular flexibility index (Phi) is 8.49. The second kappa shape index (κ2) is 11.3. The molecule has 2 N–H and O–H groups in total. The number of aromatic hydroxyl groups is 2. The van der Waals surface area contributed by atoms with Gasteiger partial charge < -0.3 is 10.2 Å². The zero-order valence-corrected chi connectivity index (χ0v) is 20.1. The van der Waals surface area contributed by atoms with Crippen molar-refractivity contribution >= 4 is 12.4 Å². The molecule has 0 aromatic heterocycles. The van der Waals surface area contributed by atoms with Gasteiger partial charge in [0, 0.05) is 23.6 Å². The summed E-state index contributed by atoms with van der Waals surface area (Å²) < 4.78 is 0. The zero-order chi connectivity index (χ0) is 23.1. The second-order valence-corrected chi connectivity index (χ2v) is 9.18. The van der Waals surface area contributed by atoms with Gasteiger partial charge >= 0.3 is 0 Å². The van der Waals surface area contributed by atoms with Crippen LogP contribution >= 0.6 is 0 Å². The Bertz CT molecular complexity index is 898. The summed E-state index contributed by atoms with van der Waals surface area (Å²) in [4.78, 5) is 9.75. The lowest BCUT2D eigenvalue weighted by molar-refractivity contribution is 0.390. The SMILES string of the molecule is CCCc1cc(C)c(O)c(C=NC2CCCCC2N=Cc2cc(CCC)cc(C)c2O)c1. The number of aryl methyl sites for hydroxylation is 4. The van der Waals surface area contributed by atoms with Crippen LogP contribution in [0.5, 0.6) is 11.5 Å². The van der Waals surface area contributed by atoms with Gasteiger partial charge in [0.2, 0.25) is 0 Å². The van der Waals surface area contributed by atoms with Gasteiger partial charge in [-0.25, -0.2) is 0 Å². The van der Waals surface area contributed by atoms with Gasteiger partial charge in [0.1, 0.15) is 11.5 Å². The number of phenolic OH excluding ortho intramolecular Hbond substituents is 2. The largest absolute Gasteiger partial charge is 0.507 e. The van der Waals surface area contributed by atoms with Gasteiger partial charge in [-0.15, -0.1) is 0 Å². The van der Waals surface area contributed by atoms with Crippen LogP contribution in [0.15, 0.2) is 34.3 Å². The van der Waals surface area contributed by atoms with E-state index in [0.717, 1.165) is 73.6 Å². The Morgan fingerprint density at radius 2 is 1.16 bits per heavy atom. The van der Waals surface area contributed by atoms with Gasteiger partial charge in [-0.1, -0.05) is 51.7 Å². The fourth-order valence-corrected chi connectivity index (χ4v) is 4.62. The van der Waals surface area contributed by atoms with Gasteiger partial charge in [-0.3, -0.25) is 9.98 Å². The van der Waals surface area contributed by atoms with Crippen molar-refractivity contribution in [2.24, 2.45) is 9.98 Å². The number of benzene rings is 2. The number of nitrogens with zero attached hydrogens (tertiary/aromatic N) is 2. The highest BCUT2D eigenvalue weighted by Crippen LogP contribution is 2.28. The lowest BCUT2D eigenvalue weighted by Gasteiger charge is -2.25. The van der Waals surface area contributed by atoms with Gasteiger partial charge in [-0.05, 0) is 73.9 Å². The fourth-order valence-electron chi connectivity index (χ4n) is 4.62. The molecule has 1 fully saturated rings. The van der Waals surface area contributed by atoms with Crippen LogP contribution in [0.2, 0.25) is 0 Å². The fraction of sp³-hybridized carbons (Fsp3) is 0.500. The Morgan fingerprint density at radius 1 is 0.750 bits per heavy atom. The normalized spacial score (nSPS) is 19.2. The van der Waals surface area contributed by atoms with E-state index in [0.29, 0.717) is 11.5 Å². The summed E-state index contributed by atoms with van der Waals surface area (Å²) in [6, 6.07) is 8.41. The highest BCUT2D eigenvalue weighted by Gasteiger charge is 2.23. The highest BCUT2D eigenvalue weighted by atomic mass is 16.3. The third kappa shape index (κ3) is 5.99. The molecule has 1 aliphatic carbocycles. The molecular weight excluding hydrogens is 396 g/mol. The van der Waals surface area contributed by atoms with Crippen LogP contribution in [0.1, 0.15) is 85.8 Å². The Hall–Kier alpha value is -2.62. The Labute approximate surface area is 193 Å². The van der Waals surface area contributed by atoms with E-state index >= 15 is 0 Å². The van der Waals surface area contributed by atoms with Crippen molar-refractivity contribution in [2.75, 3.05) is 0 Å². The maximum atomic E-state index is 10.5. The third-order valence-corrected chi connectivity index (χ3v) is 6.36. The molecule has 0 spiro atoms. The van der Waals surface area contributed by atoms with E-state index in [9.17, 15) is 10.2 Å². The van der Waals surface area contributed by atoms with Crippen LogP contribution in [0, 0.1) is 13.8 Å². The standard InChI is InChI=1S/C28H38N2O2/c1-5-9-21-13-19(3)27(31)23(15-21)17-29-25-11-7-8-12-26(25)30-18-24-16-22(10-6-2)14-20(4)28(24)32/h13-18,25-26,31-32H,5-12H2,1-4H3. The van der Waals surface area contributed by atoms with Gasteiger partial charge in [-0.2, -0.15) is 0 Å². The van der Waals surface area contributed by atoms with Gasteiger partial charge in [0.15, 0.2) is 0 Å². The molecule has 172 valence electrons. The van der Waals surface area contributed by atoms with Crippen molar-refractivity contribution in [1.29, 1.82) is 0 Å². The topological polar surface area (TPSA) is 65.2 Å². The summed E-state index contributed by atoms with van der Waals surface area (Å²) in [5, 5.41) is 21.0. The molecule has 0 radical (unpaired) electrons. The van der Waals surface area contributed by atoms with Crippen molar-refractivity contribution < 1.29 is 10.2 Å². The van der Waals surface area contributed by atoms with E-state index in [1.165, 1.54) is 11.1 Å². The summed E-state index contributed by atoms with van der Waals surface area (Å²) in [6.07, 6.45) is 12.1. The summed E-state index contributed by atoms with van der Waals surface area (Å²) in [6.45, 7) is 8.22. The predicted octanol–water partition coefficient (Wildman–Crippen LogP) is 6.47. The molecule has 0 heterocycles. The molecule has 0 saturated heterocycles. The number of phenols is 2. The van der Waals surface area contributed by atoms with Crippen molar-refractivity contribution in [3.63, 3.8) is 0 Å². The molecule has 2 atom stereocenters. The molecule has 32 heavy (non-hydrogen) atoms. The maximum absolute atomic E-state index is 10.5. The molecule has 3 rings (SSSR count). The average molecular weight is 435 g/mol. The molecule has 0 aliphatic heterocycles. The summed E-state index contributed by atoms with van der Waals surface area (Å²) >= 11 is 0. The molecule has 4 nitrogen and oxygen atoms in total. The van der Waals surface area contributed by atoms with E-state index < -0.39 is 0 Å². The van der Waals surface area contributed by atoms with Crippen molar-refractivity contribution in [3.8, 4) is 11.5 Å². The Balaban J connectivity index is 1.82. The summed E-state index contributed by atoms with van der Waals surface area (Å²) in [7, 11) is 0. The molecule has 1 aliphatic rings. The zero-order valence-electron chi connectivity index (χ0n) is 20.1. The van der Waals surface area contributed by atoms with E-state index in [-0.39, 0.29) is 12.1 Å². The summed E-state index contributed by atoms with van der Waals surface area (Å²) in [5.74, 6) is 0.634. The lowest BCUT2D eigenvalue weighted by atomic mass is 9.91. The monoisotopic (exact) mass is 434 g/mol. The van der Waals surface area contributed by atoms with E-state index in [4.69, 9.17) is 9.98 Å². The molecule has 1 saturated carbocycles. The smallest absolute Gasteiger partial charge is 0.127 e. The molecular formula is C28H38N2O2. The molecule has 0 amide bonds.